The van der Waals surface area contributed by atoms with Crippen LogP contribution in [0.3, 0.4) is 0 Å². The van der Waals surface area contributed by atoms with Crippen LogP contribution in [0.5, 0.6) is 0 Å². The summed E-state index contributed by atoms with van der Waals surface area (Å²) >= 11 is 11.4. The molecule has 2 aromatic rings. The van der Waals surface area contributed by atoms with Gasteiger partial charge in [-0.05, 0) is 35.4 Å². The molecule has 0 saturated heterocycles. The van der Waals surface area contributed by atoms with Crippen LogP contribution >= 0.6 is 23.2 Å². The normalized spacial score (nSPS) is 10.4. The topological polar surface area (TPSA) is 25.8 Å². The van der Waals surface area contributed by atoms with E-state index in [0.717, 1.165) is 5.56 Å². The Morgan fingerprint density at radius 2 is 1.94 bits per heavy atom. The van der Waals surface area contributed by atoms with Gasteiger partial charge in [-0.25, -0.2) is 14.4 Å². The minimum atomic E-state index is -0.274. The summed E-state index contributed by atoms with van der Waals surface area (Å²) in [7, 11) is 0. The number of aromatic nitrogens is 2. The lowest BCUT2D eigenvalue weighted by molar-refractivity contribution is 0.626. The quantitative estimate of drug-likeness (QED) is 0.607. The molecule has 5 heteroatoms. The van der Waals surface area contributed by atoms with E-state index in [1.807, 2.05) is 6.07 Å². The van der Waals surface area contributed by atoms with Crippen molar-refractivity contribution in [1.82, 2.24) is 9.97 Å². The van der Waals surface area contributed by atoms with E-state index in [9.17, 15) is 4.39 Å². The molecule has 0 fully saturated rings. The molecule has 0 unspecified atom stereocenters. The third kappa shape index (κ3) is 2.90. The van der Waals surface area contributed by atoms with E-state index in [-0.39, 0.29) is 16.3 Å². The second kappa shape index (κ2) is 4.76. The molecule has 0 aliphatic rings. The Balaban J connectivity index is 2.27. The van der Waals surface area contributed by atoms with Crippen molar-refractivity contribution in [3.05, 3.63) is 57.8 Å². The molecule has 2 nitrogen and oxygen atoms in total. The maximum atomic E-state index is 12.9. The first kappa shape index (κ1) is 11.3. The maximum absolute atomic E-state index is 12.9. The Kier molecular flexibility index (Phi) is 3.36. The first-order valence-electron chi connectivity index (χ1n) is 4.57. The van der Waals surface area contributed by atoms with Crippen molar-refractivity contribution in [3.8, 4) is 0 Å². The molecule has 0 radical (unpaired) electrons. The van der Waals surface area contributed by atoms with Crippen molar-refractivity contribution < 1.29 is 4.39 Å². The number of hydrogen-bond donors (Lipinski definition) is 0. The molecule has 1 aromatic heterocycles. The SMILES string of the molecule is Fc1cccc(Cc2cc(Cl)nc(Cl)n2)c1. The Morgan fingerprint density at radius 3 is 2.62 bits per heavy atom. The van der Waals surface area contributed by atoms with Gasteiger partial charge in [0.15, 0.2) is 0 Å². The van der Waals surface area contributed by atoms with Crippen molar-refractivity contribution in [3.63, 3.8) is 0 Å². The largest absolute Gasteiger partial charge is 0.224 e. The van der Waals surface area contributed by atoms with Gasteiger partial charge in [0.1, 0.15) is 11.0 Å². The number of halogens is 3. The molecule has 0 bridgehead atoms. The van der Waals surface area contributed by atoms with Gasteiger partial charge in [-0.3, -0.25) is 0 Å². The van der Waals surface area contributed by atoms with Gasteiger partial charge in [-0.1, -0.05) is 23.7 Å². The van der Waals surface area contributed by atoms with Crippen molar-refractivity contribution >= 4 is 23.2 Å². The summed E-state index contributed by atoms with van der Waals surface area (Å²) in [5.41, 5.74) is 1.47. The Labute approximate surface area is 102 Å². The maximum Gasteiger partial charge on any atom is 0.224 e. The third-order valence-electron chi connectivity index (χ3n) is 1.99. The highest BCUT2D eigenvalue weighted by atomic mass is 35.5. The monoisotopic (exact) mass is 256 g/mol. The standard InChI is InChI=1S/C11H7Cl2FN2/c12-10-6-9(15-11(13)16-10)5-7-2-1-3-8(14)4-7/h1-4,6H,5H2. The van der Waals surface area contributed by atoms with Gasteiger partial charge in [0.2, 0.25) is 5.28 Å². The number of benzene rings is 1. The molecule has 2 rings (SSSR count). The minimum absolute atomic E-state index is 0.0962. The smallest absolute Gasteiger partial charge is 0.223 e. The summed E-state index contributed by atoms with van der Waals surface area (Å²) < 4.78 is 12.9. The molecule has 0 atom stereocenters. The first-order chi connectivity index (χ1) is 7.63. The Morgan fingerprint density at radius 1 is 1.12 bits per heavy atom. The highest BCUT2D eigenvalue weighted by Crippen LogP contribution is 2.14. The second-order valence-electron chi connectivity index (χ2n) is 3.26. The molecule has 0 amide bonds. The van der Waals surface area contributed by atoms with Crippen LogP contribution in [0, 0.1) is 5.82 Å². The van der Waals surface area contributed by atoms with Crippen molar-refractivity contribution in [2.75, 3.05) is 0 Å². The second-order valence-corrected chi connectivity index (χ2v) is 3.98. The van der Waals surface area contributed by atoms with E-state index in [4.69, 9.17) is 23.2 Å². The molecule has 0 N–H and O–H groups in total. The predicted octanol–water partition coefficient (Wildman–Crippen LogP) is 3.51. The summed E-state index contributed by atoms with van der Waals surface area (Å²) in [5.74, 6) is -0.274. The molecular weight excluding hydrogens is 250 g/mol. The zero-order valence-electron chi connectivity index (χ0n) is 8.12. The summed E-state index contributed by atoms with van der Waals surface area (Å²) in [5, 5.41) is 0.380. The summed E-state index contributed by atoms with van der Waals surface area (Å²) in [6.45, 7) is 0. The molecule has 1 aromatic carbocycles. The number of rotatable bonds is 2. The molecule has 0 aliphatic carbocycles. The van der Waals surface area contributed by atoms with Crippen LogP contribution in [0.25, 0.3) is 0 Å². The van der Waals surface area contributed by atoms with Crippen LogP contribution in [0.15, 0.2) is 30.3 Å². The summed E-state index contributed by atoms with van der Waals surface area (Å²) in [4.78, 5) is 7.75. The molecule has 1 heterocycles. The summed E-state index contributed by atoms with van der Waals surface area (Å²) in [6, 6.07) is 7.91. The number of hydrogen-bond acceptors (Lipinski definition) is 2. The molecule has 0 spiro atoms. The van der Waals surface area contributed by atoms with Crippen molar-refractivity contribution in [2.45, 2.75) is 6.42 Å². The van der Waals surface area contributed by atoms with Gasteiger partial charge in [-0.15, -0.1) is 0 Å². The third-order valence-corrected chi connectivity index (χ3v) is 2.36. The van der Waals surface area contributed by atoms with E-state index < -0.39 is 0 Å². The van der Waals surface area contributed by atoms with Crippen molar-refractivity contribution in [1.29, 1.82) is 0 Å². The molecular formula is C11H7Cl2FN2. The average Bonchev–Trinajstić information content (AvgIpc) is 2.15. The van der Waals surface area contributed by atoms with E-state index in [1.54, 1.807) is 12.1 Å². The predicted molar refractivity (Wildman–Crippen MR) is 61.3 cm³/mol. The van der Waals surface area contributed by atoms with E-state index in [2.05, 4.69) is 9.97 Å². The van der Waals surface area contributed by atoms with Gasteiger partial charge in [0, 0.05) is 6.42 Å². The average molecular weight is 257 g/mol. The van der Waals surface area contributed by atoms with Crippen LogP contribution in [-0.4, -0.2) is 9.97 Å². The van der Waals surface area contributed by atoms with Crippen LogP contribution in [0.4, 0.5) is 4.39 Å². The van der Waals surface area contributed by atoms with Gasteiger partial charge < -0.3 is 0 Å². The van der Waals surface area contributed by atoms with Gasteiger partial charge in [-0.2, -0.15) is 0 Å². The fourth-order valence-corrected chi connectivity index (χ4v) is 1.83. The lowest BCUT2D eigenvalue weighted by Crippen LogP contribution is -1.95. The zero-order valence-corrected chi connectivity index (χ0v) is 9.63. The minimum Gasteiger partial charge on any atom is -0.223 e. The van der Waals surface area contributed by atoms with Gasteiger partial charge >= 0.3 is 0 Å². The van der Waals surface area contributed by atoms with Crippen LogP contribution < -0.4 is 0 Å². The lowest BCUT2D eigenvalue weighted by Gasteiger charge is -2.02. The van der Waals surface area contributed by atoms with E-state index in [1.165, 1.54) is 12.1 Å². The Hall–Kier alpha value is -1.19. The fourth-order valence-electron chi connectivity index (χ4n) is 1.38. The van der Waals surface area contributed by atoms with Crippen LogP contribution in [0.1, 0.15) is 11.3 Å². The van der Waals surface area contributed by atoms with E-state index in [0.29, 0.717) is 12.1 Å². The molecule has 0 saturated carbocycles. The fraction of sp³-hybridized carbons (Fsp3) is 0.0909. The van der Waals surface area contributed by atoms with Gasteiger partial charge in [0.25, 0.3) is 0 Å². The molecule has 82 valence electrons. The van der Waals surface area contributed by atoms with Crippen LogP contribution in [0.2, 0.25) is 10.4 Å². The van der Waals surface area contributed by atoms with Gasteiger partial charge in [0.05, 0.1) is 5.69 Å². The highest BCUT2D eigenvalue weighted by molar-refractivity contribution is 6.31. The lowest BCUT2D eigenvalue weighted by atomic mass is 10.1. The first-order valence-corrected chi connectivity index (χ1v) is 5.32. The highest BCUT2D eigenvalue weighted by Gasteiger charge is 2.03. The molecule has 16 heavy (non-hydrogen) atoms. The summed E-state index contributed by atoms with van der Waals surface area (Å²) in [6.07, 6.45) is 0.472. The van der Waals surface area contributed by atoms with Crippen LogP contribution in [-0.2, 0) is 6.42 Å². The zero-order chi connectivity index (χ0) is 11.5. The Bertz CT molecular complexity index is 497. The number of nitrogens with zero attached hydrogens (tertiary/aromatic N) is 2. The van der Waals surface area contributed by atoms with Crippen molar-refractivity contribution in [2.24, 2.45) is 0 Å². The van der Waals surface area contributed by atoms with E-state index >= 15 is 0 Å². The molecule has 0 aliphatic heterocycles.